The minimum absolute atomic E-state index is 0.850. The van der Waals surface area contributed by atoms with E-state index in [2.05, 4.69) is 214 Å². The summed E-state index contributed by atoms with van der Waals surface area (Å²) in [5.41, 5.74) is 5.55. The van der Waals surface area contributed by atoms with Crippen molar-refractivity contribution in [3.05, 3.63) is 222 Å². The normalized spacial score (nSPS) is 19.2. The van der Waals surface area contributed by atoms with Gasteiger partial charge in [0.15, 0.2) is 0 Å². The Labute approximate surface area is 389 Å². The average Bonchev–Trinajstić information content (AvgIpc) is 3.39. The molecule has 0 saturated carbocycles. The number of ether oxygens (including phenoxy) is 1. The van der Waals surface area contributed by atoms with Gasteiger partial charge in [-0.05, 0) is 0 Å². The van der Waals surface area contributed by atoms with E-state index in [4.69, 9.17) is 4.74 Å². The van der Waals surface area contributed by atoms with Crippen LogP contribution >= 0.6 is 21.1 Å². The monoisotopic (exact) mass is 902 g/mol. The van der Waals surface area contributed by atoms with Crippen LogP contribution in [0.1, 0.15) is 60.8 Å². The SMILES string of the molecule is Cc1c(C)c(P2(c3ccccc3)(c3ccccc3)CCCCC2)c(P2(c3ccccc3)(c3ccccc3)CCCCC2)c2c1Oc1c(cccc1P(c1ccccc1)c1ccccc1)C2. The van der Waals surface area contributed by atoms with E-state index in [0.29, 0.717) is 0 Å². The van der Waals surface area contributed by atoms with Gasteiger partial charge in [-0.25, -0.2) is 0 Å². The van der Waals surface area contributed by atoms with Crippen molar-refractivity contribution >= 4 is 68.9 Å². The summed E-state index contributed by atoms with van der Waals surface area (Å²) in [6, 6.07) is 77.6. The molecular formula is C61H61OP3. The second kappa shape index (κ2) is 16.9. The molecule has 8 aromatic carbocycles. The predicted octanol–water partition coefficient (Wildman–Crippen LogP) is 11.8. The fourth-order valence-corrected chi connectivity index (χ4v) is 32.6. The third kappa shape index (κ3) is 6.37. The summed E-state index contributed by atoms with van der Waals surface area (Å²) in [5.74, 6) is 2.19. The summed E-state index contributed by atoms with van der Waals surface area (Å²) >= 11 is 0. The van der Waals surface area contributed by atoms with Gasteiger partial charge in [-0.3, -0.25) is 0 Å². The zero-order valence-electron chi connectivity index (χ0n) is 38.1. The molecule has 0 amide bonds. The molecule has 65 heavy (non-hydrogen) atoms. The molecule has 8 aromatic rings. The molecule has 0 aromatic heterocycles. The molecule has 4 heteroatoms. The Morgan fingerprint density at radius 3 is 1.17 bits per heavy atom. The zero-order valence-corrected chi connectivity index (χ0v) is 40.8. The maximum atomic E-state index is 7.91. The molecule has 3 heterocycles. The zero-order chi connectivity index (χ0) is 44.0. The molecule has 2 fully saturated rings. The van der Waals surface area contributed by atoms with Crippen LogP contribution in [0.5, 0.6) is 11.5 Å². The van der Waals surface area contributed by atoms with E-state index >= 15 is 0 Å². The molecule has 11 rings (SSSR count). The van der Waals surface area contributed by atoms with Crippen LogP contribution in [-0.2, 0) is 6.42 Å². The number of benzene rings is 8. The van der Waals surface area contributed by atoms with E-state index in [0.717, 1.165) is 17.9 Å². The van der Waals surface area contributed by atoms with E-state index < -0.39 is 21.1 Å². The summed E-state index contributed by atoms with van der Waals surface area (Å²) in [6.45, 7) is -1.66. The van der Waals surface area contributed by atoms with Crippen LogP contribution in [0.2, 0.25) is 0 Å². The Balaban J connectivity index is 1.32. The van der Waals surface area contributed by atoms with Crippen LogP contribution < -0.4 is 52.5 Å². The second-order valence-electron chi connectivity index (χ2n) is 19.2. The Hall–Kier alpha value is -5.15. The van der Waals surface area contributed by atoms with Crippen molar-refractivity contribution in [2.75, 3.05) is 24.6 Å². The summed E-state index contributed by atoms with van der Waals surface area (Å²) in [4.78, 5) is 0. The summed E-state index contributed by atoms with van der Waals surface area (Å²) < 4.78 is 7.91. The van der Waals surface area contributed by atoms with E-state index in [1.54, 1.807) is 31.8 Å². The van der Waals surface area contributed by atoms with Gasteiger partial charge in [-0.15, -0.1) is 0 Å². The molecule has 326 valence electrons. The fourth-order valence-electron chi connectivity index (χ4n) is 13.3. The standard InChI is InChI=1S/C61H61OP3/c1-47-48(2)60(64(42-23-9-24-43-64,52-33-15-5-16-34-52)53-35-17-6-18-36-53)61(65(44-25-10-26-45-65,54-37-19-7-20-38-54)55-39-21-8-22-40-55)56-46-49-28-27-41-57(59(49)62-58(47)56)63(50-29-11-3-12-30-50)51-31-13-4-14-32-51/h3-8,11-22,27-41H,9-10,23-26,42-46H2,1-2H3. The van der Waals surface area contributed by atoms with Crippen molar-refractivity contribution in [2.45, 2.75) is 58.8 Å². The Morgan fingerprint density at radius 1 is 0.369 bits per heavy atom. The van der Waals surface area contributed by atoms with Crippen LogP contribution in [0.25, 0.3) is 0 Å². The third-order valence-electron chi connectivity index (χ3n) is 16.2. The minimum atomic E-state index is -3.34. The van der Waals surface area contributed by atoms with Gasteiger partial charge in [0, 0.05) is 0 Å². The van der Waals surface area contributed by atoms with Crippen molar-refractivity contribution < 1.29 is 4.74 Å². The number of hydrogen-bond acceptors (Lipinski definition) is 1. The molecule has 0 unspecified atom stereocenters. The van der Waals surface area contributed by atoms with Crippen LogP contribution in [0.3, 0.4) is 0 Å². The summed E-state index contributed by atoms with van der Waals surface area (Å²) in [6.07, 6.45) is 13.0. The number of hydrogen-bond donors (Lipinski definition) is 0. The molecule has 1 nitrogen and oxygen atoms in total. The molecule has 0 spiro atoms. The van der Waals surface area contributed by atoms with E-state index in [-0.39, 0.29) is 0 Å². The van der Waals surface area contributed by atoms with Gasteiger partial charge in [0.1, 0.15) is 0 Å². The van der Waals surface area contributed by atoms with E-state index in [1.165, 1.54) is 101 Å². The Kier molecular flexibility index (Phi) is 11.1. The van der Waals surface area contributed by atoms with Crippen LogP contribution in [0.4, 0.5) is 0 Å². The predicted molar refractivity (Wildman–Crippen MR) is 289 cm³/mol. The van der Waals surface area contributed by atoms with Crippen molar-refractivity contribution in [1.29, 1.82) is 0 Å². The van der Waals surface area contributed by atoms with Gasteiger partial charge < -0.3 is 0 Å². The Bertz CT molecular complexity index is 2830. The van der Waals surface area contributed by atoms with Crippen LogP contribution in [-0.4, -0.2) is 24.6 Å². The molecule has 0 aliphatic carbocycles. The van der Waals surface area contributed by atoms with E-state index in [1.807, 2.05) is 0 Å². The molecule has 0 bridgehead atoms. The maximum absolute atomic E-state index is 7.91. The van der Waals surface area contributed by atoms with Gasteiger partial charge in [0.05, 0.1) is 0 Å². The quantitative estimate of drug-likeness (QED) is 0.131. The molecule has 0 radical (unpaired) electrons. The van der Waals surface area contributed by atoms with Crippen LogP contribution in [0, 0.1) is 13.8 Å². The first-order chi connectivity index (χ1) is 32.0. The molecule has 0 atom stereocenters. The van der Waals surface area contributed by atoms with Gasteiger partial charge in [-0.2, -0.15) is 0 Å². The van der Waals surface area contributed by atoms with Crippen molar-refractivity contribution in [3.8, 4) is 11.5 Å². The first kappa shape index (κ1) is 42.5. The number of rotatable bonds is 9. The molecule has 0 N–H and O–H groups in total. The van der Waals surface area contributed by atoms with Crippen molar-refractivity contribution in [2.24, 2.45) is 0 Å². The molecule has 3 aliphatic heterocycles. The molecule has 3 aliphatic rings. The fraction of sp³-hybridized carbons (Fsp3) is 0.213. The van der Waals surface area contributed by atoms with Crippen molar-refractivity contribution in [3.63, 3.8) is 0 Å². The van der Waals surface area contributed by atoms with E-state index in [9.17, 15) is 0 Å². The van der Waals surface area contributed by atoms with Crippen LogP contribution in [0.15, 0.2) is 200 Å². The number of fused-ring (bicyclic) bond motifs is 2. The third-order valence-corrected chi connectivity index (χ3v) is 33.4. The summed E-state index contributed by atoms with van der Waals surface area (Å²) in [5, 5.41) is 13.7. The Morgan fingerprint density at radius 2 is 0.754 bits per heavy atom. The average molecular weight is 903 g/mol. The van der Waals surface area contributed by atoms with Gasteiger partial charge in [-0.1, -0.05) is 0 Å². The first-order valence-electron chi connectivity index (χ1n) is 24.1. The molecule has 2 saturated heterocycles. The second-order valence-corrected chi connectivity index (χ2v) is 32.1. The number of para-hydroxylation sites is 1. The van der Waals surface area contributed by atoms with Gasteiger partial charge in [0.2, 0.25) is 0 Å². The topological polar surface area (TPSA) is 9.23 Å². The summed E-state index contributed by atoms with van der Waals surface area (Å²) in [7, 11) is -0.884. The first-order valence-corrected chi connectivity index (χ1v) is 30.7. The van der Waals surface area contributed by atoms with Gasteiger partial charge >= 0.3 is 391 Å². The van der Waals surface area contributed by atoms with Crippen molar-refractivity contribution in [1.82, 2.24) is 0 Å². The van der Waals surface area contributed by atoms with Gasteiger partial charge in [0.25, 0.3) is 0 Å². The molecular weight excluding hydrogens is 842 g/mol.